The zero-order valence-corrected chi connectivity index (χ0v) is 13.3. The fourth-order valence-corrected chi connectivity index (χ4v) is 3.01. The molecule has 0 aliphatic rings. The summed E-state index contributed by atoms with van der Waals surface area (Å²) in [5, 5.41) is 0. The molecule has 0 radical (unpaired) electrons. The molecule has 2 rings (SSSR count). The average Bonchev–Trinajstić information content (AvgIpc) is 2.49. The van der Waals surface area contributed by atoms with Crippen molar-refractivity contribution in [3.63, 3.8) is 0 Å². The predicted molar refractivity (Wildman–Crippen MR) is 82.9 cm³/mol. The second-order valence-electron chi connectivity index (χ2n) is 4.92. The summed E-state index contributed by atoms with van der Waals surface area (Å²) in [7, 11) is -2.09. The van der Waals surface area contributed by atoms with Crippen molar-refractivity contribution in [1.82, 2.24) is 4.31 Å². The van der Waals surface area contributed by atoms with E-state index in [4.69, 9.17) is 4.74 Å². The monoisotopic (exact) mass is 323 g/mol. The maximum atomic E-state index is 13.4. The van der Waals surface area contributed by atoms with Crippen LogP contribution in [0.3, 0.4) is 0 Å². The Morgan fingerprint density at radius 2 is 1.73 bits per heavy atom. The molecule has 0 fully saturated rings. The van der Waals surface area contributed by atoms with E-state index in [0.29, 0.717) is 0 Å². The number of ether oxygens (including phenoxy) is 1. The van der Waals surface area contributed by atoms with Gasteiger partial charge in [-0.25, -0.2) is 12.8 Å². The van der Waals surface area contributed by atoms with E-state index in [1.54, 1.807) is 36.4 Å². The number of benzene rings is 2. The molecule has 0 saturated heterocycles. The van der Waals surface area contributed by atoms with Gasteiger partial charge in [-0.15, -0.1) is 0 Å². The molecular formula is C16H18FNO3S. The van der Waals surface area contributed by atoms with Crippen LogP contribution in [0.15, 0.2) is 53.4 Å². The number of aryl methyl sites for hydroxylation is 1. The van der Waals surface area contributed by atoms with Crippen LogP contribution >= 0.6 is 0 Å². The zero-order chi connectivity index (χ0) is 16.2. The predicted octanol–water partition coefficient (Wildman–Crippen LogP) is 2.83. The largest absolute Gasteiger partial charge is 0.489 e. The molecule has 0 bridgehead atoms. The van der Waals surface area contributed by atoms with Crippen LogP contribution in [-0.4, -0.2) is 32.9 Å². The van der Waals surface area contributed by atoms with Gasteiger partial charge >= 0.3 is 0 Å². The molecule has 0 aromatic heterocycles. The Labute approximate surface area is 130 Å². The quantitative estimate of drug-likeness (QED) is 0.821. The molecule has 4 nitrogen and oxygen atoms in total. The summed E-state index contributed by atoms with van der Waals surface area (Å²) >= 11 is 0. The number of halogens is 1. The molecule has 0 N–H and O–H groups in total. The van der Waals surface area contributed by atoms with Gasteiger partial charge in [0.05, 0.1) is 4.90 Å². The molecule has 118 valence electrons. The van der Waals surface area contributed by atoms with Gasteiger partial charge in [0.25, 0.3) is 0 Å². The average molecular weight is 323 g/mol. The van der Waals surface area contributed by atoms with Crippen molar-refractivity contribution in [3.05, 3.63) is 59.9 Å². The van der Waals surface area contributed by atoms with Crippen molar-refractivity contribution in [2.24, 2.45) is 0 Å². The summed E-state index contributed by atoms with van der Waals surface area (Å²) in [6.07, 6.45) is 0. The molecule has 0 spiro atoms. The van der Waals surface area contributed by atoms with E-state index >= 15 is 0 Å². The van der Waals surface area contributed by atoms with Gasteiger partial charge in [0, 0.05) is 13.6 Å². The summed E-state index contributed by atoms with van der Waals surface area (Å²) in [5.74, 6) is -0.352. The van der Waals surface area contributed by atoms with Crippen LogP contribution in [-0.2, 0) is 10.0 Å². The first kappa shape index (κ1) is 16.5. The topological polar surface area (TPSA) is 46.6 Å². The smallest absolute Gasteiger partial charge is 0.242 e. The minimum absolute atomic E-state index is 0.0719. The summed E-state index contributed by atoms with van der Waals surface area (Å²) in [6.45, 7) is 2.09. The van der Waals surface area contributed by atoms with Gasteiger partial charge in [0.15, 0.2) is 11.6 Å². The Morgan fingerprint density at radius 3 is 2.36 bits per heavy atom. The first-order valence-corrected chi connectivity index (χ1v) is 8.25. The van der Waals surface area contributed by atoms with Gasteiger partial charge in [-0.05, 0) is 31.2 Å². The number of nitrogens with zero attached hydrogens (tertiary/aromatic N) is 1. The van der Waals surface area contributed by atoms with Gasteiger partial charge in [-0.2, -0.15) is 4.31 Å². The highest BCUT2D eigenvalue weighted by Gasteiger charge is 2.20. The van der Waals surface area contributed by atoms with Gasteiger partial charge in [0.2, 0.25) is 10.0 Å². The van der Waals surface area contributed by atoms with E-state index in [0.717, 1.165) is 5.56 Å². The highest BCUT2D eigenvalue weighted by molar-refractivity contribution is 7.89. The number of likely N-dealkylation sites (N-methyl/N-ethyl adjacent to an activating group) is 1. The summed E-state index contributed by atoms with van der Waals surface area (Å²) in [6, 6.07) is 12.7. The summed E-state index contributed by atoms with van der Waals surface area (Å²) in [5.41, 5.74) is 0.990. The maximum Gasteiger partial charge on any atom is 0.242 e. The molecule has 6 heteroatoms. The Hall–Kier alpha value is -1.92. The molecule has 0 amide bonds. The number of hydrogen-bond acceptors (Lipinski definition) is 3. The molecule has 2 aromatic carbocycles. The first-order chi connectivity index (χ1) is 10.4. The zero-order valence-electron chi connectivity index (χ0n) is 12.5. The Morgan fingerprint density at radius 1 is 1.09 bits per heavy atom. The summed E-state index contributed by atoms with van der Waals surface area (Å²) < 4.78 is 44.6. The van der Waals surface area contributed by atoms with Gasteiger partial charge < -0.3 is 4.74 Å². The van der Waals surface area contributed by atoms with Crippen LogP contribution in [0.1, 0.15) is 5.56 Å². The fraction of sp³-hybridized carbons (Fsp3) is 0.250. The Balaban J connectivity index is 1.98. The first-order valence-electron chi connectivity index (χ1n) is 6.81. The lowest BCUT2D eigenvalue weighted by molar-refractivity contribution is 0.275. The normalized spacial score (nSPS) is 11.6. The Kier molecular flexibility index (Phi) is 5.15. The van der Waals surface area contributed by atoms with E-state index < -0.39 is 15.8 Å². The number of sulfonamides is 1. The number of rotatable bonds is 6. The molecule has 0 aliphatic heterocycles. The van der Waals surface area contributed by atoms with E-state index in [9.17, 15) is 12.8 Å². The highest BCUT2D eigenvalue weighted by atomic mass is 32.2. The molecule has 2 aromatic rings. The van der Waals surface area contributed by atoms with E-state index in [-0.39, 0.29) is 23.8 Å². The molecule has 0 atom stereocenters. The van der Waals surface area contributed by atoms with Crippen molar-refractivity contribution < 1.29 is 17.5 Å². The third-order valence-corrected chi connectivity index (χ3v) is 5.10. The van der Waals surface area contributed by atoms with Gasteiger partial charge in [0.1, 0.15) is 6.61 Å². The van der Waals surface area contributed by atoms with Crippen LogP contribution in [0, 0.1) is 12.7 Å². The third kappa shape index (κ3) is 3.84. The van der Waals surface area contributed by atoms with Crippen molar-refractivity contribution in [3.8, 4) is 5.75 Å². The van der Waals surface area contributed by atoms with E-state index in [2.05, 4.69) is 0 Å². The lowest BCUT2D eigenvalue weighted by Gasteiger charge is -2.17. The lowest BCUT2D eigenvalue weighted by atomic mass is 10.2. The molecule has 22 heavy (non-hydrogen) atoms. The van der Waals surface area contributed by atoms with E-state index in [1.165, 1.54) is 23.5 Å². The standard InChI is InChI=1S/C16H18FNO3S/c1-13-7-9-14(10-8-13)22(19,20)18(2)11-12-21-16-6-4-3-5-15(16)17/h3-10H,11-12H2,1-2H3. The fourth-order valence-electron chi connectivity index (χ4n) is 1.86. The molecule has 0 unspecified atom stereocenters. The van der Waals surface area contributed by atoms with Crippen molar-refractivity contribution in [2.45, 2.75) is 11.8 Å². The molecular weight excluding hydrogens is 305 g/mol. The molecule has 0 saturated carbocycles. The number of para-hydroxylation sites is 1. The summed E-state index contributed by atoms with van der Waals surface area (Å²) in [4.78, 5) is 0.228. The van der Waals surface area contributed by atoms with Crippen LogP contribution in [0.25, 0.3) is 0 Å². The van der Waals surface area contributed by atoms with Crippen LogP contribution in [0.5, 0.6) is 5.75 Å². The maximum absolute atomic E-state index is 13.4. The van der Waals surface area contributed by atoms with Crippen LogP contribution in [0.2, 0.25) is 0 Å². The van der Waals surface area contributed by atoms with Crippen molar-refractivity contribution in [1.29, 1.82) is 0 Å². The van der Waals surface area contributed by atoms with Gasteiger partial charge in [-0.3, -0.25) is 0 Å². The number of hydrogen-bond donors (Lipinski definition) is 0. The van der Waals surface area contributed by atoms with E-state index in [1.807, 2.05) is 6.92 Å². The lowest BCUT2D eigenvalue weighted by Crippen LogP contribution is -2.31. The minimum atomic E-state index is -3.56. The molecule has 0 heterocycles. The Bertz CT molecular complexity index is 729. The van der Waals surface area contributed by atoms with Gasteiger partial charge in [-0.1, -0.05) is 29.8 Å². The van der Waals surface area contributed by atoms with Crippen molar-refractivity contribution in [2.75, 3.05) is 20.2 Å². The van der Waals surface area contributed by atoms with Crippen LogP contribution < -0.4 is 4.74 Å². The highest BCUT2D eigenvalue weighted by Crippen LogP contribution is 2.17. The van der Waals surface area contributed by atoms with Crippen LogP contribution in [0.4, 0.5) is 4.39 Å². The SMILES string of the molecule is Cc1ccc(S(=O)(=O)N(C)CCOc2ccccc2F)cc1. The minimum Gasteiger partial charge on any atom is -0.489 e. The van der Waals surface area contributed by atoms with Crippen molar-refractivity contribution >= 4 is 10.0 Å². The second kappa shape index (κ2) is 6.89. The third-order valence-electron chi connectivity index (χ3n) is 3.23. The second-order valence-corrected chi connectivity index (χ2v) is 6.96. The molecule has 0 aliphatic carbocycles.